The predicted molar refractivity (Wildman–Crippen MR) is 111 cm³/mol. The Morgan fingerprint density at radius 3 is 2.59 bits per heavy atom. The van der Waals surface area contributed by atoms with Crippen LogP contribution < -0.4 is 4.90 Å². The topological polar surface area (TPSA) is 101 Å². The largest absolute Gasteiger partial charge is 0.325 e. The van der Waals surface area contributed by atoms with E-state index in [4.69, 9.17) is 0 Å². The van der Waals surface area contributed by atoms with E-state index in [2.05, 4.69) is 0 Å². The van der Waals surface area contributed by atoms with Crippen molar-refractivity contribution in [2.75, 3.05) is 22.7 Å². The van der Waals surface area contributed by atoms with Crippen LogP contribution in [0.25, 0.3) is 0 Å². The lowest BCUT2D eigenvalue weighted by molar-refractivity contribution is -0.384. The first-order valence-electron chi connectivity index (χ1n) is 8.97. The normalized spacial score (nSPS) is 22.7. The van der Waals surface area contributed by atoms with Gasteiger partial charge in [0.1, 0.15) is 0 Å². The van der Waals surface area contributed by atoms with Gasteiger partial charge < -0.3 is 4.90 Å². The van der Waals surface area contributed by atoms with E-state index < -0.39 is 26.8 Å². The Bertz CT molecular complexity index is 1090. The quantitative estimate of drug-likeness (QED) is 0.311. The molecule has 8 nitrogen and oxygen atoms in total. The molecule has 0 bridgehead atoms. The zero-order valence-electron chi connectivity index (χ0n) is 15.6. The van der Waals surface area contributed by atoms with Crippen molar-refractivity contribution in [2.45, 2.75) is 23.5 Å². The number of benzene rings is 2. The van der Waals surface area contributed by atoms with Crippen LogP contribution in [0.5, 0.6) is 0 Å². The lowest BCUT2D eigenvalue weighted by Gasteiger charge is -2.23. The molecule has 29 heavy (non-hydrogen) atoms. The molecule has 2 aliphatic heterocycles. The molecule has 2 atom stereocenters. The van der Waals surface area contributed by atoms with Gasteiger partial charge in [-0.3, -0.25) is 15.0 Å². The van der Waals surface area contributed by atoms with Gasteiger partial charge in [-0.05, 0) is 30.0 Å². The van der Waals surface area contributed by atoms with Gasteiger partial charge in [-0.2, -0.15) is 0 Å². The van der Waals surface area contributed by atoms with Gasteiger partial charge in [-0.15, -0.1) is 11.8 Å². The molecule has 2 amide bonds. The molecular weight excluding hydrogens is 414 g/mol. The number of fused-ring (bicyclic) bond motifs is 1. The second-order valence-electron chi connectivity index (χ2n) is 7.12. The number of carbonyl (C=O) groups is 1. The van der Waals surface area contributed by atoms with Crippen molar-refractivity contribution in [1.29, 1.82) is 0 Å². The molecule has 0 radical (unpaired) electrons. The number of nitrogens with zero attached hydrogens (tertiary/aromatic N) is 3. The monoisotopic (exact) mass is 433 g/mol. The summed E-state index contributed by atoms with van der Waals surface area (Å²) < 4.78 is 24.7. The fourth-order valence-corrected chi connectivity index (χ4v) is 6.39. The molecule has 0 spiro atoms. The van der Waals surface area contributed by atoms with Crippen molar-refractivity contribution in [3.05, 3.63) is 64.2 Å². The number of nitro groups is 1. The van der Waals surface area contributed by atoms with Crippen molar-refractivity contribution < 1.29 is 18.1 Å². The van der Waals surface area contributed by atoms with Crippen LogP contribution in [0, 0.1) is 10.1 Å². The molecule has 2 aromatic carbocycles. The van der Waals surface area contributed by atoms with E-state index in [0.717, 1.165) is 4.90 Å². The Kier molecular flexibility index (Phi) is 4.99. The first-order chi connectivity index (χ1) is 13.8. The molecule has 0 aliphatic carbocycles. The standard InChI is InChI=1S/C19H19N3O5S2/c1-28-16-7-3-5-14(9-16)21-18-12-29(26,27)11-17(18)20(19(21)23)10-13-4-2-6-15(8-13)22(24)25/h2-9,17-18H,10-12H2,1H3/t17-,18+/m1/s1. The first-order valence-corrected chi connectivity index (χ1v) is 12.0. The molecule has 0 unspecified atom stereocenters. The van der Waals surface area contributed by atoms with Gasteiger partial charge in [0.25, 0.3) is 5.69 Å². The molecular formula is C19H19N3O5S2. The molecule has 2 heterocycles. The Hall–Kier alpha value is -2.59. The lowest BCUT2D eigenvalue weighted by Crippen LogP contribution is -2.37. The molecule has 0 N–H and O–H groups in total. The SMILES string of the molecule is CSc1cccc(N2C(=O)N(Cc3cccc([N+](=O)[O-])c3)[C@@H]3CS(=O)(=O)C[C@@H]32)c1. The van der Waals surface area contributed by atoms with Crippen molar-refractivity contribution in [3.8, 4) is 0 Å². The fourth-order valence-electron chi connectivity index (χ4n) is 3.99. The van der Waals surface area contributed by atoms with Crippen LogP contribution in [0.2, 0.25) is 0 Å². The Balaban J connectivity index is 1.70. The Morgan fingerprint density at radius 2 is 1.86 bits per heavy atom. The molecule has 10 heteroatoms. The van der Waals surface area contributed by atoms with Gasteiger partial charge in [-0.25, -0.2) is 13.2 Å². The van der Waals surface area contributed by atoms with E-state index in [-0.39, 0.29) is 29.8 Å². The maximum atomic E-state index is 13.3. The van der Waals surface area contributed by atoms with E-state index in [0.29, 0.717) is 11.3 Å². The second kappa shape index (κ2) is 7.34. The number of sulfone groups is 1. The molecule has 2 saturated heterocycles. The average molecular weight is 434 g/mol. The van der Waals surface area contributed by atoms with Crippen LogP contribution in [0.15, 0.2) is 53.4 Å². The smallest absolute Gasteiger partial charge is 0.314 e. The highest BCUT2D eigenvalue weighted by Crippen LogP contribution is 2.37. The van der Waals surface area contributed by atoms with Gasteiger partial charge in [0.2, 0.25) is 0 Å². The van der Waals surface area contributed by atoms with Crippen molar-refractivity contribution in [2.24, 2.45) is 0 Å². The maximum absolute atomic E-state index is 13.3. The highest BCUT2D eigenvalue weighted by atomic mass is 32.2. The summed E-state index contributed by atoms with van der Waals surface area (Å²) >= 11 is 1.54. The predicted octanol–water partition coefficient (Wildman–Crippen LogP) is 2.92. The molecule has 4 rings (SSSR count). The number of non-ortho nitro benzene ring substituents is 1. The van der Waals surface area contributed by atoms with Crippen LogP contribution in [0.3, 0.4) is 0 Å². The van der Waals surface area contributed by atoms with Crippen molar-refractivity contribution in [1.82, 2.24) is 4.90 Å². The number of carbonyl (C=O) groups excluding carboxylic acids is 1. The number of hydrogen-bond donors (Lipinski definition) is 0. The number of hydrogen-bond acceptors (Lipinski definition) is 6. The summed E-state index contributed by atoms with van der Waals surface area (Å²) in [6.45, 7) is 0.121. The van der Waals surface area contributed by atoms with Gasteiger partial charge in [0.05, 0.1) is 28.5 Å². The number of rotatable bonds is 5. The minimum Gasteiger partial charge on any atom is -0.314 e. The van der Waals surface area contributed by atoms with Crippen molar-refractivity contribution >= 4 is 39.0 Å². The fraction of sp³-hybridized carbons (Fsp3) is 0.316. The van der Waals surface area contributed by atoms with Crippen LogP contribution in [-0.4, -0.2) is 54.1 Å². The number of nitro benzene ring substituents is 1. The van der Waals surface area contributed by atoms with E-state index in [1.165, 1.54) is 17.0 Å². The van der Waals surface area contributed by atoms with Gasteiger partial charge in [0, 0.05) is 29.3 Å². The summed E-state index contributed by atoms with van der Waals surface area (Å²) in [5.74, 6) is -0.185. The highest BCUT2D eigenvalue weighted by Gasteiger charge is 2.53. The molecule has 152 valence electrons. The first kappa shape index (κ1) is 19.7. The average Bonchev–Trinajstić information content (AvgIpc) is 3.12. The number of amides is 2. The zero-order valence-corrected chi connectivity index (χ0v) is 17.2. The number of thioether (sulfide) groups is 1. The third-order valence-corrected chi connectivity index (χ3v) is 7.71. The van der Waals surface area contributed by atoms with Crippen LogP contribution >= 0.6 is 11.8 Å². The van der Waals surface area contributed by atoms with Gasteiger partial charge >= 0.3 is 6.03 Å². The zero-order chi connectivity index (χ0) is 20.8. The number of anilines is 1. The molecule has 0 aromatic heterocycles. The van der Waals surface area contributed by atoms with Crippen LogP contribution in [0.1, 0.15) is 5.56 Å². The van der Waals surface area contributed by atoms with Crippen LogP contribution in [-0.2, 0) is 16.4 Å². The summed E-state index contributed by atoms with van der Waals surface area (Å²) in [5, 5.41) is 11.1. The minimum atomic E-state index is -3.28. The van der Waals surface area contributed by atoms with Crippen molar-refractivity contribution in [3.63, 3.8) is 0 Å². The Morgan fingerprint density at radius 1 is 1.14 bits per heavy atom. The third kappa shape index (κ3) is 3.69. The highest BCUT2D eigenvalue weighted by molar-refractivity contribution is 7.98. The Labute approximate surface area is 172 Å². The summed E-state index contributed by atoms with van der Waals surface area (Å²) in [6.07, 6.45) is 1.93. The lowest BCUT2D eigenvalue weighted by atomic mass is 10.1. The summed E-state index contributed by atoms with van der Waals surface area (Å²) in [6, 6.07) is 12.3. The van der Waals surface area contributed by atoms with E-state index >= 15 is 0 Å². The van der Waals surface area contributed by atoms with Crippen LogP contribution in [0.4, 0.5) is 16.2 Å². The molecule has 0 saturated carbocycles. The van der Waals surface area contributed by atoms with Gasteiger partial charge in [-0.1, -0.05) is 18.2 Å². The van der Waals surface area contributed by atoms with E-state index in [1.807, 2.05) is 24.5 Å². The maximum Gasteiger partial charge on any atom is 0.325 e. The molecule has 2 aliphatic rings. The number of urea groups is 1. The molecule has 2 aromatic rings. The molecule has 2 fully saturated rings. The summed E-state index contributed by atoms with van der Waals surface area (Å²) in [7, 11) is -3.28. The van der Waals surface area contributed by atoms with Gasteiger partial charge in [0.15, 0.2) is 9.84 Å². The summed E-state index contributed by atoms with van der Waals surface area (Å²) in [4.78, 5) is 27.9. The second-order valence-corrected chi connectivity index (χ2v) is 10.2. The summed E-state index contributed by atoms with van der Waals surface area (Å²) in [5.41, 5.74) is 1.19. The van der Waals surface area contributed by atoms with E-state index in [1.54, 1.807) is 34.9 Å². The minimum absolute atomic E-state index is 0.0609. The van der Waals surface area contributed by atoms with E-state index in [9.17, 15) is 23.3 Å². The third-order valence-electron chi connectivity index (χ3n) is 5.28.